The highest BCUT2D eigenvalue weighted by Gasteiger charge is 2.04. The monoisotopic (exact) mass is 299 g/mol. The minimum Gasteiger partial charge on any atom is -0.492 e. The van der Waals surface area contributed by atoms with Gasteiger partial charge in [0.05, 0.1) is 5.56 Å². The molecule has 0 spiro atoms. The van der Waals surface area contributed by atoms with Gasteiger partial charge in [0.25, 0.3) is 0 Å². The quantitative estimate of drug-likeness (QED) is 0.853. The van der Waals surface area contributed by atoms with Crippen molar-refractivity contribution in [1.29, 1.82) is 0 Å². The second-order valence-electron chi connectivity index (χ2n) is 5.40. The largest absolute Gasteiger partial charge is 0.492 e. The van der Waals surface area contributed by atoms with E-state index in [4.69, 9.17) is 9.84 Å². The molecule has 4 heteroatoms. The van der Waals surface area contributed by atoms with Crippen LogP contribution in [0.1, 0.15) is 21.5 Å². The van der Waals surface area contributed by atoms with Crippen molar-refractivity contribution >= 4 is 5.97 Å². The fourth-order valence-corrected chi connectivity index (χ4v) is 2.17. The fourth-order valence-electron chi connectivity index (χ4n) is 2.17. The van der Waals surface area contributed by atoms with Crippen molar-refractivity contribution in [2.45, 2.75) is 13.5 Å². The zero-order chi connectivity index (χ0) is 15.9. The molecular formula is C18H21NO3. The van der Waals surface area contributed by atoms with Crippen LogP contribution in [0, 0.1) is 6.92 Å². The number of carbonyl (C=O) groups is 1. The number of likely N-dealkylation sites (N-methyl/N-ethyl adjacent to an activating group) is 1. The predicted molar refractivity (Wildman–Crippen MR) is 86.4 cm³/mol. The van der Waals surface area contributed by atoms with Crippen LogP contribution in [-0.4, -0.2) is 36.2 Å². The van der Waals surface area contributed by atoms with E-state index >= 15 is 0 Å². The Kier molecular flexibility index (Phi) is 5.55. The van der Waals surface area contributed by atoms with Crippen LogP contribution in [0.5, 0.6) is 5.75 Å². The summed E-state index contributed by atoms with van der Waals surface area (Å²) in [4.78, 5) is 13.0. The first-order chi connectivity index (χ1) is 10.5. The number of nitrogens with zero attached hydrogens (tertiary/aromatic N) is 1. The molecule has 0 heterocycles. The Hall–Kier alpha value is -2.33. The van der Waals surface area contributed by atoms with E-state index in [0.29, 0.717) is 12.2 Å². The first-order valence-corrected chi connectivity index (χ1v) is 7.25. The van der Waals surface area contributed by atoms with Gasteiger partial charge >= 0.3 is 5.97 Å². The second-order valence-corrected chi connectivity index (χ2v) is 5.40. The first-order valence-electron chi connectivity index (χ1n) is 7.25. The summed E-state index contributed by atoms with van der Waals surface area (Å²) >= 11 is 0. The van der Waals surface area contributed by atoms with E-state index in [0.717, 1.165) is 24.4 Å². The smallest absolute Gasteiger partial charge is 0.335 e. The molecule has 0 aromatic heterocycles. The number of carboxylic acids is 1. The van der Waals surface area contributed by atoms with Gasteiger partial charge in [0.2, 0.25) is 0 Å². The molecule has 0 aliphatic carbocycles. The lowest BCUT2D eigenvalue weighted by molar-refractivity contribution is 0.0697. The van der Waals surface area contributed by atoms with E-state index in [-0.39, 0.29) is 0 Å². The van der Waals surface area contributed by atoms with Crippen molar-refractivity contribution in [3.63, 3.8) is 0 Å². The van der Waals surface area contributed by atoms with Crippen LogP contribution in [0.4, 0.5) is 0 Å². The summed E-state index contributed by atoms with van der Waals surface area (Å²) in [5, 5.41) is 8.87. The number of hydrogen-bond acceptors (Lipinski definition) is 3. The van der Waals surface area contributed by atoms with Gasteiger partial charge in [-0.05, 0) is 49.4 Å². The zero-order valence-corrected chi connectivity index (χ0v) is 13.0. The molecule has 116 valence electrons. The Morgan fingerprint density at radius 1 is 1.18 bits per heavy atom. The van der Waals surface area contributed by atoms with Gasteiger partial charge in [0.1, 0.15) is 12.4 Å². The Morgan fingerprint density at radius 3 is 2.55 bits per heavy atom. The van der Waals surface area contributed by atoms with Gasteiger partial charge in [0.15, 0.2) is 0 Å². The maximum Gasteiger partial charge on any atom is 0.335 e. The third kappa shape index (κ3) is 4.90. The normalized spacial score (nSPS) is 10.7. The SMILES string of the molecule is Cc1cccc(OCCN(C)Cc2ccc(C(=O)O)cc2)c1. The highest BCUT2D eigenvalue weighted by Crippen LogP contribution is 2.12. The molecule has 2 rings (SSSR count). The Morgan fingerprint density at radius 2 is 1.91 bits per heavy atom. The number of carboxylic acid groups (broad SMARTS) is 1. The summed E-state index contributed by atoms with van der Waals surface area (Å²) < 4.78 is 5.73. The number of rotatable bonds is 7. The zero-order valence-electron chi connectivity index (χ0n) is 13.0. The minimum atomic E-state index is -0.897. The Balaban J connectivity index is 1.78. The maximum absolute atomic E-state index is 10.8. The number of ether oxygens (including phenoxy) is 1. The number of aryl methyl sites for hydroxylation is 1. The average Bonchev–Trinajstić information content (AvgIpc) is 2.48. The lowest BCUT2D eigenvalue weighted by Gasteiger charge is -2.17. The number of benzene rings is 2. The molecule has 0 aliphatic heterocycles. The van der Waals surface area contributed by atoms with Crippen LogP contribution in [0.2, 0.25) is 0 Å². The van der Waals surface area contributed by atoms with Crippen molar-refractivity contribution < 1.29 is 14.6 Å². The maximum atomic E-state index is 10.8. The molecule has 0 atom stereocenters. The Bertz CT molecular complexity index is 622. The lowest BCUT2D eigenvalue weighted by Crippen LogP contribution is -2.23. The van der Waals surface area contributed by atoms with E-state index in [9.17, 15) is 4.79 Å². The molecule has 0 amide bonds. The van der Waals surface area contributed by atoms with E-state index in [1.54, 1.807) is 12.1 Å². The van der Waals surface area contributed by atoms with Crippen LogP contribution in [0.15, 0.2) is 48.5 Å². The summed E-state index contributed by atoms with van der Waals surface area (Å²) in [6.07, 6.45) is 0. The van der Waals surface area contributed by atoms with Gasteiger partial charge in [-0.2, -0.15) is 0 Å². The summed E-state index contributed by atoms with van der Waals surface area (Å²) in [5.74, 6) is -0.00864. The molecule has 0 aliphatic rings. The highest BCUT2D eigenvalue weighted by molar-refractivity contribution is 5.87. The average molecular weight is 299 g/mol. The molecule has 0 fully saturated rings. The summed E-state index contributed by atoms with van der Waals surface area (Å²) in [6, 6.07) is 15.0. The molecule has 2 aromatic carbocycles. The fraction of sp³-hybridized carbons (Fsp3) is 0.278. The standard InChI is InChI=1S/C18H21NO3/c1-14-4-3-5-17(12-14)22-11-10-19(2)13-15-6-8-16(9-7-15)18(20)21/h3-9,12H,10-11,13H2,1-2H3,(H,20,21). The molecule has 0 saturated carbocycles. The Labute approximate surface area is 131 Å². The van der Waals surface area contributed by atoms with Crippen molar-refractivity contribution in [1.82, 2.24) is 4.90 Å². The van der Waals surface area contributed by atoms with E-state index in [1.165, 1.54) is 5.56 Å². The number of hydrogen-bond donors (Lipinski definition) is 1. The molecule has 1 N–H and O–H groups in total. The van der Waals surface area contributed by atoms with Gasteiger partial charge in [-0.3, -0.25) is 4.90 Å². The van der Waals surface area contributed by atoms with Gasteiger partial charge in [-0.1, -0.05) is 24.3 Å². The van der Waals surface area contributed by atoms with Crippen LogP contribution >= 0.6 is 0 Å². The van der Waals surface area contributed by atoms with E-state index < -0.39 is 5.97 Å². The van der Waals surface area contributed by atoms with Crippen molar-refractivity contribution in [3.05, 3.63) is 65.2 Å². The van der Waals surface area contributed by atoms with Crippen molar-refractivity contribution in [3.8, 4) is 5.75 Å². The van der Waals surface area contributed by atoms with Gasteiger partial charge in [-0.15, -0.1) is 0 Å². The van der Waals surface area contributed by atoms with Gasteiger partial charge < -0.3 is 9.84 Å². The van der Waals surface area contributed by atoms with E-state index in [1.807, 2.05) is 50.4 Å². The molecule has 0 unspecified atom stereocenters. The minimum absolute atomic E-state index is 0.314. The molecule has 0 radical (unpaired) electrons. The molecule has 0 bridgehead atoms. The third-order valence-corrected chi connectivity index (χ3v) is 3.38. The van der Waals surface area contributed by atoms with Crippen LogP contribution in [-0.2, 0) is 6.54 Å². The topological polar surface area (TPSA) is 49.8 Å². The predicted octanol–water partition coefficient (Wildman–Crippen LogP) is 3.20. The summed E-state index contributed by atoms with van der Waals surface area (Å²) in [5.41, 5.74) is 2.58. The van der Waals surface area contributed by atoms with Crippen LogP contribution < -0.4 is 4.74 Å². The molecule has 22 heavy (non-hydrogen) atoms. The van der Waals surface area contributed by atoms with Crippen molar-refractivity contribution in [2.75, 3.05) is 20.2 Å². The molecule has 2 aromatic rings. The highest BCUT2D eigenvalue weighted by atomic mass is 16.5. The number of aromatic carboxylic acids is 1. The van der Waals surface area contributed by atoms with Gasteiger partial charge in [-0.25, -0.2) is 4.79 Å². The second kappa shape index (κ2) is 7.61. The lowest BCUT2D eigenvalue weighted by atomic mass is 10.1. The third-order valence-electron chi connectivity index (χ3n) is 3.38. The van der Waals surface area contributed by atoms with Gasteiger partial charge in [0, 0.05) is 13.1 Å². The molecule has 0 saturated heterocycles. The summed E-state index contributed by atoms with van der Waals surface area (Å²) in [6.45, 7) is 4.22. The first kappa shape index (κ1) is 16.0. The summed E-state index contributed by atoms with van der Waals surface area (Å²) in [7, 11) is 2.02. The molecular weight excluding hydrogens is 278 g/mol. The van der Waals surface area contributed by atoms with Crippen LogP contribution in [0.3, 0.4) is 0 Å². The molecule has 4 nitrogen and oxygen atoms in total. The van der Waals surface area contributed by atoms with Crippen LogP contribution in [0.25, 0.3) is 0 Å². The van der Waals surface area contributed by atoms with Crippen molar-refractivity contribution in [2.24, 2.45) is 0 Å². The van der Waals surface area contributed by atoms with E-state index in [2.05, 4.69) is 4.90 Å².